The van der Waals surface area contributed by atoms with Crippen LogP contribution in [0, 0.1) is 6.92 Å². The molecular formula is C24H24N2O6. The SMILES string of the molecule is Cc1ccccc1N1C(=O)c2ccc(C(=O)OCC(=O)N3C[C@H](C)O[C@@H](C)C3)cc2C1=O. The van der Waals surface area contributed by atoms with Gasteiger partial charge < -0.3 is 14.4 Å². The molecule has 8 heteroatoms. The lowest BCUT2D eigenvalue weighted by Crippen LogP contribution is -2.49. The highest BCUT2D eigenvalue weighted by molar-refractivity contribution is 6.34. The molecule has 32 heavy (non-hydrogen) atoms. The highest BCUT2D eigenvalue weighted by atomic mass is 16.5. The Morgan fingerprint density at radius 2 is 1.66 bits per heavy atom. The highest BCUT2D eigenvalue weighted by Crippen LogP contribution is 2.31. The second-order valence-corrected chi connectivity index (χ2v) is 8.12. The smallest absolute Gasteiger partial charge is 0.338 e. The average Bonchev–Trinajstić information content (AvgIpc) is 3.01. The molecule has 2 heterocycles. The van der Waals surface area contributed by atoms with E-state index in [1.54, 1.807) is 17.0 Å². The quantitative estimate of drug-likeness (QED) is 0.540. The molecule has 3 amide bonds. The summed E-state index contributed by atoms with van der Waals surface area (Å²) < 4.78 is 10.8. The summed E-state index contributed by atoms with van der Waals surface area (Å²) in [5.74, 6) is -1.98. The second-order valence-electron chi connectivity index (χ2n) is 8.12. The van der Waals surface area contributed by atoms with Crippen LogP contribution in [0.5, 0.6) is 0 Å². The summed E-state index contributed by atoms with van der Waals surface area (Å²) in [6.45, 7) is 6.04. The zero-order valence-electron chi connectivity index (χ0n) is 18.2. The number of carbonyl (C=O) groups excluding carboxylic acids is 4. The van der Waals surface area contributed by atoms with Gasteiger partial charge in [0.1, 0.15) is 0 Å². The van der Waals surface area contributed by atoms with E-state index in [0.717, 1.165) is 10.5 Å². The minimum absolute atomic E-state index is 0.0881. The minimum atomic E-state index is -0.731. The summed E-state index contributed by atoms with van der Waals surface area (Å²) in [4.78, 5) is 53.4. The van der Waals surface area contributed by atoms with E-state index in [1.165, 1.54) is 18.2 Å². The second kappa shape index (κ2) is 8.55. The Hall–Kier alpha value is -3.52. The molecule has 0 bridgehead atoms. The first-order valence-corrected chi connectivity index (χ1v) is 10.4. The maximum absolute atomic E-state index is 12.9. The lowest BCUT2D eigenvalue weighted by Gasteiger charge is -2.35. The van der Waals surface area contributed by atoms with Crippen LogP contribution in [0.4, 0.5) is 5.69 Å². The van der Waals surface area contributed by atoms with Crippen LogP contribution >= 0.6 is 0 Å². The van der Waals surface area contributed by atoms with E-state index in [4.69, 9.17) is 9.47 Å². The van der Waals surface area contributed by atoms with Crippen molar-refractivity contribution in [3.05, 3.63) is 64.7 Å². The summed E-state index contributed by atoms with van der Waals surface area (Å²) in [5, 5.41) is 0. The third-order valence-electron chi connectivity index (χ3n) is 5.58. The third-order valence-corrected chi connectivity index (χ3v) is 5.58. The van der Waals surface area contributed by atoms with Crippen molar-refractivity contribution in [1.29, 1.82) is 0 Å². The van der Waals surface area contributed by atoms with Crippen LogP contribution in [-0.2, 0) is 14.3 Å². The summed E-state index contributed by atoms with van der Waals surface area (Å²) in [6, 6.07) is 11.3. The molecule has 4 rings (SSSR count). The number of anilines is 1. The number of ether oxygens (including phenoxy) is 2. The van der Waals surface area contributed by atoms with Crippen molar-refractivity contribution in [3.63, 3.8) is 0 Å². The lowest BCUT2D eigenvalue weighted by atomic mass is 10.1. The summed E-state index contributed by atoms with van der Waals surface area (Å²) in [6.07, 6.45) is -0.176. The van der Waals surface area contributed by atoms with Gasteiger partial charge in [-0.2, -0.15) is 0 Å². The van der Waals surface area contributed by atoms with E-state index in [2.05, 4.69) is 0 Å². The summed E-state index contributed by atoms with van der Waals surface area (Å²) in [7, 11) is 0. The van der Waals surface area contributed by atoms with Crippen molar-refractivity contribution in [2.75, 3.05) is 24.6 Å². The first kappa shape index (κ1) is 21.7. The van der Waals surface area contributed by atoms with Crippen molar-refractivity contribution in [2.45, 2.75) is 33.0 Å². The molecule has 2 aliphatic heterocycles. The Bertz CT molecular complexity index is 1100. The average molecular weight is 436 g/mol. The fourth-order valence-corrected chi connectivity index (χ4v) is 4.08. The van der Waals surface area contributed by atoms with E-state index in [-0.39, 0.29) is 34.8 Å². The number of nitrogens with zero attached hydrogens (tertiary/aromatic N) is 2. The zero-order chi connectivity index (χ0) is 23.0. The molecule has 0 aliphatic carbocycles. The standard InChI is InChI=1S/C24H24N2O6/c1-14-6-4-5-7-20(14)26-22(28)18-9-8-17(10-19(18)23(26)29)24(30)31-13-21(27)25-11-15(2)32-16(3)12-25/h4-10,15-16H,11-13H2,1-3H3/t15-,16-/m0/s1. The van der Waals surface area contributed by atoms with Gasteiger partial charge in [0, 0.05) is 13.1 Å². The lowest BCUT2D eigenvalue weighted by molar-refractivity contribution is -0.146. The Morgan fingerprint density at radius 1 is 1.00 bits per heavy atom. The predicted molar refractivity (Wildman–Crippen MR) is 116 cm³/mol. The fourth-order valence-electron chi connectivity index (χ4n) is 4.08. The highest BCUT2D eigenvalue weighted by Gasteiger charge is 2.38. The molecule has 1 fully saturated rings. The number of rotatable bonds is 4. The Kier molecular flexibility index (Phi) is 5.80. The largest absolute Gasteiger partial charge is 0.452 e. The van der Waals surface area contributed by atoms with Crippen molar-refractivity contribution in [1.82, 2.24) is 4.90 Å². The number of para-hydroxylation sites is 1. The maximum atomic E-state index is 12.9. The number of carbonyl (C=O) groups is 4. The maximum Gasteiger partial charge on any atom is 0.338 e. The summed E-state index contributed by atoms with van der Waals surface area (Å²) >= 11 is 0. The normalized spacial score (nSPS) is 20.3. The van der Waals surface area contributed by atoms with Crippen molar-refractivity contribution in [3.8, 4) is 0 Å². The molecule has 0 spiro atoms. The van der Waals surface area contributed by atoms with Gasteiger partial charge >= 0.3 is 5.97 Å². The van der Waals surface area contributed by atoms with Crippen molar-refractivity contribution < 1.29 is 28.7 Å². The number of benzene rings is 2. The van der Waals surface area contributed by atoms with Crippen molar-refractivity contribution >= 4 is 29.4 Å². The van der Waals surface area contributed by atoms with Gasteiger partial charge in [0.15, 0.2) is 6.61 Å². The number of amides is 3. The predicted octanol–water partition coefficient (Wildman–Crippen LogP) is 2.59. The number of hydrogen-bond donors (Lipinski definition) is 0. The summed E-state index contributed by atoms with van der Waals surface area (Å²) in [5.41, 5.74) is 1.75. The van der Waals surface area contributed by atoms with E-state index in [9.17, 15) is 19.2 Å². The van der Waals surface area contributed by atoms with Gasteiger partial charge in [0.25, 0.3) is 17.7 Å². The van der Waals surface area contributed by atoms with Crippen LogP contribution in [0.3, 0.4) is 0 Å². The first-order chi connectivity index (χ1) is 15.3. The Morgan fingerprint density at radius 3 is 2.34 bits per heavy atom. The van der Waals surface area contributed by atoms with Crippen LogP contribution < -0.4 is 4.90 Å². The Labute approximate surface area is 185 Å². The molecule has 0 saturated carbocycles. The Balaban J connectivity index is 1.47. The molecule has 2 aromatic rings. The van der Waals surface area contributed by atoms with Crippen molar-refractivity contribution in [2.24, 2.45) is 0 Å². The van der Waals surface area contributed by atoms with E-state index < -0.39 is 24.4 Å². The van der Waals surface area contributed by atoms with Crippen LogP contribution in [0.25, 0.3) is 0 Å². The zero-order valence-corrected chi connectivity index (χ0v) is 18.2. The molecule has 1 saturated heterocycles. The number of fused-ring (bicyclic) bond motifs is 1. The van der Waals surface area contributed by atoms with Gasteiger partial charge in [-0.1, -0.05) is 18.2 Å². The van der Waals surface area contributed by atoms with Crippen LogP contribution in [0.1, 0.15) is 50.5 Å². The van der Waals surface area contributed by atoms with Gasteiger partial charge in [0.2, 0.25) is 0 Å². The number of esters is 1. The van der Waals surface area contributed by atoms with Gasteiger partial charge in [-0.15, -0.1) is 0 Å². The van der Waals surface area contributed by atoms with Crippen LogP contribution in [0.2, 0.25) is 0 Å². The molecule has 2 atom stereocenters. The van der Waals surface area contributed by atoms with Gasteiger partial charge in [-0.05, 0) is 50.6 Å². The van der Waals surface area contributed by atoms with Gasteiger partial charge in [-0.3, -0.25) is 14.4 Å². The fraction of sp³-hybridized carbons (Fsp3) is 0.333. The molecule has 2 aliphatic rings. The third kappa shape index (κ3) is 4.01. The molecule has 0 radical (unpaired) electrons. The molecule has 166 valence electrons. The number of morpholine rings is 1. The first-order valence-electron chi connectivity index (χ1n) is 10.4. The molecule has 2 aromatic carbocycles. The molecular weight excluding hydrogens is 412 g/mol. The van der Waals surface area contributed by atoms with E-state index in [0.29, 0.717) is 18.8 Å². The van der Waals surface area contributed by atoms with E-state index in [1.807, 2.05) is 32.9 Å². The molecule has 0 unspecified atom stereocenters. The monoisotopic (exact) mass is 436 g/mol. The van der Waals surface area contributed by atoms with Crippen LogP contribution in [0.15, 0.2) is 42.5 Å². The number of aryl methyl sites for hydroxylation is 1. The minimum Gasteiger partial charge on any atom is -0.452 e. The van der Waals surface area contributed by atoms with Crippen LogP contribution in [-0.4, -0.2) is 60.5 Å². The molecule has 0 N–H and O–H groups in total. The molecule has 8 nitrogen and oxygen atoms in total. The van der Waals surface area contributed by atoms with Gasteiger partial charge in [0.05, 0.1) is 34.6 Å². The number of imide groups is 1. The topological polar surface area (TPSA) is 93.2 Å². The van der Waals surface area contributed by atoms with E-state index >= 15 is 0 Å². The number of hydrogen-bond acceptors (Lipinski definition) is 6. The molecule has 0 aromatic heterocycles. The van der Waals surface area contributed by atoms with Gasteiger partial charge in [-0.25, -0.2) is 9.69 Å².